The van der Waals surface area contributed by atoms with Gasteiger partial charge in [-0.2, -0.15) is 0 Å². The molecule has 3 rings (SSSR count). The fourth-order valence-corrected chi connectivity index (χ4v) is 4.57. The Hall–Kier alpha value is -2.46. The number of unbranched alkanes of at least 4 members (excludes halogenated alkanes) is 2. The molecule has 12 heteroatoms. The smallest absolute Gasteiger partial charge is 0.325 e. The largest absolute Gasteiger partial charge is 0.456 e. The van der Waals surface area contributed by atoms with Crippen molar-refractivity contribution in [2.75, 3.05) is 6.16 Å². The molecule has 1 aromatic carbocycles. The predicted octanol–water partition coefficient (Wildman–Crippen LogP) is 5.29. The van der Waals surface area contributed by atoms with Gasteiger partial charge in [-0.05, 0) is 38.3 Å². The van der Waals surface area contributed by atoms with Crippen molar-refractivity contribution in [2.24, 2.45) is 0 Å². The van der Waals surface area contributed by atoms with E-state index >= 15 is 0 Å². The highest BCUT2D eigenvalue weighted by Gasteiger charge is 2.20. The van der Waals surface area contributed by atoms with E-state index < -0.39 is 12.5 Å². The summed E-state index contributed by atoms with van der Waals surface area (Å²) >= 11 is 1.30. The van der Waals surface area contributed by atoms with E-state index in [9.17, 15) is 14.7 Å². The predicted molar refractivity (Wildman–Crippen MR) is 119 cm³/mol. The molecule has 2 aromatic heterocycles. The highest BCUT2D eigenvalue weighted by atomic mass is 32.2. The van der Waals surface area contributed by atoms with Crippen LogP contribution in [0.25, 0.3) is 11.7 Å². The summed E-state index contributed by atoms with van der Waals surface area (Å²) in [4.78, 5) is 28.3. The van der Waals surface area contributed by atoms with Crippen molar-refractivity contribution in [3.63, 3.8) is 0 Å². The number of benzene rings is 1. The maximum Gasteiger partial charge on any atom is 0.325 e. The summed E-state index contributed by atoms with van der Waals surface area (Å²) in [5.41, 5.74) is 1.66. The first-order chi connectivity index (χ1) is 15.1. The van der Waals surface area contributed by atoms with E-state index in [1.54, 1.807) is 6.07 Å². The summed E-state index contributed by atoms with van der Waals surface area (Å²) in [6, 6.07) is 8.31. The lowest BCUT2D eigenvalue weighted by Gasteiger charge is -2.08. The molecule has 0 saturated carbocycles. The van der Waals surface area contributed by atoms with Gasteiger partial charge in [-0.25, -0.2) is 0 Å². The van der Waals surface area contributed by atoms with Gasteiger partial charge < -0.3 is 18.6 Å². The first-order valence-electron chi connectivity index (χ1n) is 10.0. The van der Waals surface area contributed by atoms with E-state index in [0.717, 1.165) is 23.3 Å². The monoisotopic (exact) mass is 481 g/mol. The number of hydrogen-bond donors (Lipinski definition) is 2. The first-order valence-corrected chi connectivity index (χ1v) is 12.7. The molecule has 0 aliphatic carbocycles. The lowest BCUT2D eigenvalue weighted by Crippen LogP contribution is -1.92. The van der Waals surface area contributed by atoms with Crippen LogP contribution in [0.5, 0.6) is 0 Å². The minimum atomic E-state index is -3.94. The number of nitro groups is 1. The minimum Gasteiger partial charge on any atom is -0.456 e. The van der Waals surface area contributed by atoms with Crippen LogP contribution >= 0.6 is 19.4 Å². The van der Waals surface area contributed by atoms with Gasteiger partial charge in [0.25, 0.3) is 16.8 Å². The fraction of sp³-hybridized carbons (Fsp3) is 0.400. The van der Waals surface area contributed by atoms with E-state index in [-0.39, 0.29) is 23.0 Å². The summed E-state index contributed by atoms with van der Waals surface area (Å²) in [6.07, 6.45) is 2.44. The van der Waals surface area contributed by atoms with Gasteiger partial charge in [0.15, 0.2) is 5.76 Å². The standard InChI is InChI=1S/C20H24N3O7PS/c1-13-11-17(9-4-3-5-10-31(26,27)28)29-18(13)19-21-22-20(30-19)32-14(2)15-7-6-8-16(12-15)23(24)25/h6-8,11-12,14H,3-5,9-10H2,1-2H3,(H2,26,27,28). The molecule has 1 atom stereocenters. The van der Waals surface area contributed by atoms with Crippen molar-refractivity contribution in [1.29, 1.82) is 0 Å². The molecule has 10 nitrogen and oxygen atoms in total. The van der Waals surface area contributed by atoms with Gasteiger partial charge in [0, 0.05) is 35.5 Å². The third kappa shape index (κ3) is 6.77. The molecule has 1 unspecified atom stereocenters. The van der Waals surface area contributed by atoms with E-state index in [1.165, 1.54) is 23.9 Å². The molecule has 3 aromatic rings. The summed E-state index contributed by atoms with van der Waals surface area (Å²) in [7, 11) is -3.94. The van der Waals surface area contributed by atoms with Crippen LogP contribution < -0.4 is 0 Å². The Morgan fingerprint density at radius 3 is 2.69 bits per heavy atom. The number of non-ortho nitro benzene ring substituents is 1. The Bertz CT molecular complexity index is 1120. The Morgan fingerprint density at radius 1 is 1.19 bits per heavy atom. The molecule has 32 heavy (non-hydrogen) atoms. The zero-order chi connectivity index (χ0) is 23.3. The fourth-order valence-electron chi connectivity index (χ4n) is 3.14. The van der Waals surface area contributed by atoms with Gasteiger partial charge in [0.1, 0.15) is 5.76 Å². The molecule has 0 aliphatic heterocycles. The number of nitro benzene ring substituents is 1. The number of nitrogens with zero attached hydrogens (tertiary/aromatic N) is 3. The van der Waals surface area contributed by atoms with Gasteiger partial charge in [0.2, 0.25) is 0 Å². The van der Waals surface area contributed by atoms with Crippen LogP contribution in [0.15, 0.2) is 44.4 Å². The summed E-state index contributed by atoms with van der Waals surface area (Å²) in [6.45, 7) is 3.77. The second-order valence-electron chi connectivity index (χ2n) is 7.41. The van der Waals surface area contributed by atoms with E-state index in [2.05, 4.69) is 10.2 Å². The lowest BCUT2D eigenvalue weighted by atomic mass is 10.1. The molecule has 0 amide bonds. The number of aromatic nitrogens is 2. The first kappa shape index (κ1) is 24.2. The molecule has 2 N–H and O–H groups in total. The van der Waals surface area contributed by atoms with Crippen molar-refractivity contribution in [3.05, 3.63) is 57.3 Å². The van der Waals surface area contributed by atoms with Gasteiger partial charge in [-0.1, -0.05) is 30.3 Å². The van der Waals surface area contributed by atoms with Crippen molar-refractivity contribution in [3.8, 4) is 11.7 Å². The molecule has 0 aliphatic rings. The third-order valence-electron chi connectivity index (χ3n) is 4.77. The summed E-state index contributed by atoms with van der Waals surface area (Å²) < 4.78 is 22.5. The molecule has 0 radical (unpaired) electrons. The topological polar surface area (TPSA) is 153 Å². The summed E-state index contributed by atoms with van der Waals surface area (Å²) in [5.74, 6) is 1.48. The SMILES string of the molecule is Cc1cc(CCCCCP(=O)(O)O)oc1-c1nnc(SC(C)c2cccc([N+](=O)[O-])c2)o1. The van der Waals surface area contributed by atoms with Crippen molar-refractivity contribution in [2.45, 2.75) is 50.0 Å². The average Bonchev–Trinajstić information content (AvgIpc) is 3.33. The Labute approximate surface area is 188 Å². The number of rotatable bonds is 11. The van der Waals surface area contributed by atoms with E-state index in [0.29, 0.717) is 30.2 Å². The van der Waals surface area contributed by atoms with Crippen LogP contribution in [0.3, 0.4) is 0 Å². The molecule has 2 heterocycles. The Morgan fingerprint density at radius 2 is 1.97 bits per heavy atom. The molecular formula is C20H24N3O7PS. The normalized spacial score (nSPS) is 12.8. The average molecular weight is 481 g/mol. The van der Waals surface area contributed by atoms with Crippen molar-refractivity contribution < 1.29 is 28.1 Å². The number of hydrogen-bond acceptors (Lipinski definition) is 8. The van der Waals surface area contributed by atoms with Crippen LogP contribution in [-0.2, 0) is 11.0 Å². The van der Waals surface area contributed by atoms with Gasteiger partial charge in [-0.3, -0.25) is 14.7 Å². The quantitative estimate of drug-likeness (QED) is 0.121. The lowest BCUT2D eigenvalue weighted by molar-refractivity contribution is -0.384. The van der Waals surface area contributed by atoms with Crippen LogP contribution in [0.4, 0.5) is 5.69 Å². The molecule has 0 fully saturated rings. The number of aryl methyl sites for hydroxylation is 2. The summed E-state index contributed by atoms with van der Waals surface area (Å²) in [5, 5.41) is 19.3. The second kappa shape index (κ2) is 10.4. The third-order valence-corrected chi connectivity index (χ3v) is 6.66. The zero-order valence-corrected chi connectivity index (χ0v) is 19.3. The van der Waals surface area contributed by atoms with E-state index in [4.69, 9.17) is 18.6 Å². The van der Waals surface area contributed by atoms with Crippen molar-refractivity contribution in [1.82, 2.24) is 10.2 Å². The van der Waals surface area contributed by atoms with Crippen molar-refractivity contribution >= 4 is 25.0 Å². The maximum absolute atomic E-state index is 11.0. The van der Waals surface area contributed by atoms with Gasteiger partial charge >= 0.3 is 7.60 Å². The van der Waals surface area contributed by atoms with E-state index in [1.807, 2.05) is 26.0 Å². The minimum absolute atomic E-state index is 0.0293. The molecule has 0 spiro atoms. The Balaban J connectivity index is 1.60. The zero-order valence-electron chi connectivity index (χ0n) is 17.6. The van der Waals surface area contributed by atoms with Crippen LogP contribution in [0, 0.1) is 17.0 Å². The van der Waals surface area contributed by atoms with Crippen LogP contribution in [0.1, 0.15) is 48.3 Å². The van der Waals surface area contributed by atoms with Crippen LogP contribution in [-0.4, -0.2) is 31.1 Å². The number of furan rings is 1. The molecular weight excluding hydrogens is 457 g/mol. The highest BCUT2D eigenvalue weighted by molar-refractivity contribution is 7.99. The second-order valence-corrected chi connectivity index (χ2v) is 10.5. The maximum atomic E-state index is 11.0. The Kier molecular flexibility index (Phi) is 7.89. The van der Waals surface area contributed by atoms with Gasteiger partial charge in [-0.15, -0.1) is 10.2 Å². The molecule has 0 saturated heterocycles. The number of thioether (sulfide) groups is 1. The van der Waals surface area contributed by atoms with Gasteiger partial charge in [0.05, 0.1) is 4.92 Å². The molecule has 0 bridgehead atoms. The highest BCUT2D eigenvalue weighted by Crippen LogP contribution is 2.37. The molecule has 172 valence electrons. The van der Waals surface area contributed by atoms with Crippen LogP contribution in [0.2, 0.25) is 0 Å².